The summed E-state index contributed by atoms with van der Waals surface area (Å²) < 4.78 is 18.1. The lowest BCUT2D eigenvalue weighted by atomic mass is 9.58. The van der Waals surface area contributed by atoms with Gasteiger partial charge in [-0.15, -0.1) is 0 Å². The van der Waals surface area contributed by atoms with E-state index in [1.54, 1.807) is 0 Å². The molecular formula is C19H30O6. The molecule has 8 atom stereocenters. The van der Waals surface area contributed by atoms with Gasteiger partial charge < -0.3 is 14.2 Å². The Bertz CT molecular complexity index is 538. The highest BCUT2D eigenvalue weighted by molar-refractivity contribution is 5.69. The molecule has 0 amide bonds. The normalized spacial score (nSPS) is 51.5. The number of carbonyl (C=O) groups excluding carboxylic acids is 1. The van der Waals surface area contributed by atoms with Crippen LogP contribution in [0.2, 0.25) is 0 Å². The van der Waals surface area contributed by atoms with E-state index in [1.165, 1.54) is 0 Å². The maximum atomic E-state index is 12.0. The zero-order chi connectivity index (χ0) is 17.8. The lowest BCUT2D eigenvalue weighted by molar-refractivity contribution is -0.576. The van der Waals surface area contributed by atoms with Crippen LogP contribution in [0.1, 0.15) is 66.2 Å². The monoisotopic (exact) mass is 354 g/mol. The van der Waals surface area contributed by atoms with Gasteiger partial charge in [-0.05, 0) is 44.4 Å². The molecule has 5 aliphatic rings. The van der Waals surface area contributed by atoms with Crippen LogP contribution in [0, 0.1) is 23.7 Å². The summed E-state index contributed by atoms with van der Waals surface area (Å²) in [5.41, 5.74) is -0.596. The van der Waals surface area contributed by atoms with Crippen molar-refractivity contribution in [2.45, 2.75) is 90.2 Å². The molecule has 142 valence electrons. The molecular weight excluding hydrogens is 324 g/mol. The zero-order valence-corrected chi connectivity index (χ0v) is 15.7. The van der Waals surface area contributed by atoms with Crippen LogP contribution in [0.4, 0.5) is 0 Å². The number of carbonyl (C=O) groups is 1. The number of ether oxygens (including phenoxy) is 3. The van der Waals surface area contributed by atoms with Gasteiger partial charge in [-0.1, -0.05) is 20.8 Å². The summed E-state index contributed by atoms with van der Waals surface area (Å²) in [6.07, 6.45) is 3.97. The van der Waals surface area contributed by atoms with Crippen LogP contribution < -0.4 is 0 Å². The number of esters is 1. The largest absolute Gasteiger partial charge is 0.435 e. The average molecular weight is 354 g/mol. The van der Waals surface area contributed by atoms with Gasteiger partial charge in [-0.2, -0.15) is 0 Å². The van der Waals surface area contributed by atoms with Crippen molar-refractivity contribution in [1.29, 1.82) is 0 Å². The molecule has 1 aliphatic carbocycles. The first-order chi connectivity index (χ1) is 11.9. The Morgan fingerprint density at radius 1 is 1.16 bits per heavy atom. The van der Waals surface area contributed by atoms with E-state index in [0.717, 1.165) is 32.1 Å². The molecule has 6 heteroatoms. The molecule has 4 saturated heterocycles. The van der Waals surface area contributed by atoms with Crippen LogP contribution in [0.15, 0.2) is 0 Å². The number of hydrogen-bond donors (Lipinski definition) is 0. The Morgan fingerprint density at radius 3 is 2.72 bits per heavy atom. The third-order valence-corrected chi connectivity index (χ3v) is 6.80. The minimum Gasteiger partial charge on any atom is -0.435 e. The third-order valence-electron chi connectivity index (χ3n) is 6.80. The second-order valence-corrected chi connectivity index (χ2v) is 8.51. The summed E-state index contributed by atoms with van der Waals surface area (Å²) >= 11 is 0. The van der Waals surface area contributed by atoms with Gasteiger partial charge >= 0.3 is 5.97 Å². The quantitative estimate of drug-likeness (QED) is 0.571. The first-order valence-electron chi connectivity index (χ1n) is 9.79. The molecule has 5 rings (SSSR count). The highest BCUT2D eigenvalue weighted by Crippen LogP contribution is 2.60. The number of rotatable bonds is 3. The molecule has 5 fully saturated rings. The molecule has 0 radical (unpaired) electrons. The first-order valence-corrected chi connectivity index (χ1v) is 9.79. The molecule has 4 aliphatic heterocycles. The van der Waals surface area contributed by atoms with E-state index in [1.807, 2.05) is 13.8 Å². The van der Waals surface area contributed by atoms with E-state index < -0.39 is 24.0 Å². The van der Waals surface area contributed by atoms with Crippen molar-refractivity contribution in [2.24, 2.45) is 23.7 Å². The van der Waals surface area contributed by atoms with Crippen LogP contribution in [0.5, 0.6) is 0 Å². The first kappa shape index (κ1) is 17.7. The SMILES string of the molecule is CCCC(=O)OC1O[C@@H]2O[C@@]3(C)CC[C@H]4[C@H](C)CCC([C@H]1C)[C@@]24OO3. The fourth-order valence-electron chi connectivity index (χ4n) is 5.40. The molecule has 25 heavy (non-hydrogen) atoms. The van der Waals surface area contributed by atoms with Gasteiger partial charge in [0.25, 0.3) is 0 Å². The molecule has 0 aromatic rings. The molecule has 2 unspecified atom stereocenters. The molecule has 1 saturated carbocycles. The maximum Gasteiger partial charge on any atom is 0.308 e. The second kappa shape index (κ2) is 6.19. The average Bonchev–Trinajstić information content (AvgIpc) is 2.79. The van der Waals surface area contributed by atoms with Crippen LogP contribution in [0.25, 0.3) is 0 Å². The summed E-state index contributed by atoms with van der Waals surface area (Å²) in [6, 6.07) is 0. The molecule has 4 heterocycles. The smallest absolute Gasteiger partial charge is 0.308 e. The van der Waals surface area contributed by atoms with Crippen LogP contribution in [0.3, 0.4) is 0 Å². The fraction of sp³-hybridized carbons (Fsp3) is 0.947. The van der Waals surface area contributed by atoms with E-state index in [9.17, 15) is 4.79 Å². The molecule has 1 spiro atoms. The minimum atomic E-state index is -0.796. The molecule has 0 aromatic heterocycles. The Morgan fingerprint density at radius 2 is 1.96 bits per heavy atom. The van der Waals surface area contributed by atoms with E-state index in [-0.39, 0.29) is 17.8 Å². The summed E-state index contributed by atoms with van der Waals surface area (Å²) in [5.74, 6) is 0.0851. The lowest BCUT2D eigenvalue weighted by Crippen LogP contribution is -2.70. The van der Waals surface area contributed by atoms with Gasteiger partial charge in [-0.3, -0.25) is 4.79 Å². The van der Waals surface area contributed by atoms with Gasteiger partial charge in [0, 0.05) is 24.7 Å². The summed E-state index contributed by atoms with van der Waals surface area (Å²) in [5, 5.41) is 0. The summed E-state index contributed by atoms with van der Waals surface area (Å²) in [7, 11) is 0. The molecule has 6 nitrogen and oxygen atoms in total. The summed E-state index contributed by atoms with van der Waals surface area (Å²) in [4.78, 5) is 23.9. The lowest BCUT2D eigenvalue weighted by Gasteiger charge is -2.59. The van der Waals surface area contributed by atoms with Crippen LogP contribution >= 0.6 is 0 Å². The highest BCUT2D eigenvalue weighted by atomic mass is 17.3. The molecule has 0 N–H and O–H groups in total. The van der Waals surface area contributed by atoms with Gasteiger partial charge in [-0.25, -0.2) is 9.78 Å². The second-order valence-electron chi connectivity index (χ2n) is 8.51. The van der Waals surface area contributed by atoms with Gasteiger partial charge in [0.1, 0.15) is 0 Å². The van der Waals surface area contributed by atoms with Gasteiger partial charge in [0.05, 0.1) is 0 Å². The van der Waals surface area contributed by atoms with Gasteiger partial charge in [0.15, 0.2) is 11.9 Å². The van der Waals surface area contributed by atoms with Crippen molar-refractivity contribution in [1.82, 2.24) is 0 Å². The highest BCUT2D eigenvalue weighted by Gasteiger charge is 2.69. The van der Waals surface area contributed by atoms with Crippen molar-refractivity contribution < 1.29 is 28.8 Å². The van der Waals surface area contributed by atoms with Crippen molar-refractivity contribution in [3.63, 3.8) is 0 Å². The Labute approximate surface area is 149 Å². The van der Waals surface area contributed by atoms with Crippen molar-refractivity contribution in [2.75, 3.05) is 0 Å². The Balaban J connectivity index is 1.66. The minimum absolute atomic E-state index is 0.0433. The van der Waals surface area contributed by atoms with E-state index in [0.29, 0.717) is 18.3 Å². The molecule has 2 bridgehead atoms. The third kappa shape index (κ3) is 2.64. The number of fused-ring (bicyclic) bond motifs is 2. The summed E-state index contributed by atoms with van der Waals surface area (Å²) in [6.45, 7) is 8.24. The van der Waals surface area contributed by atoms with Crippen molar-refractivity contribution in [3.05, 3.63) is 0 Å². The number of hydrogen-bond acceptors (Lipinski definition) is 6. The topological polar surface area (TPSA) is 63.2 Å². The van der Waals surface area contributed by atoms with Gasteiger partial charge in [0.2, 0.25) is 12.1 Å². The predicted octanol–water partition coefficient (Wildman–Crippen LogP) is 3.54. The van der Waals surface area contributed by atoms with Crippen molar-refractivity contribution in [3.8, 4) is 0 Å². The maximum absolute atomic E-state index is 12.0. The zero-order valence-electron chi connectivity index (χ0n) is 15.7. The predicted molar refractivity (Wildman–Crippen MR) is 87.8 cm³/mol. The Hall–Kier alpha value is -0.690. The van der Waals surface area contributed by atoms with E-state index >= 15 is 0 Å². The van der Waals surface area contributed by atoms with E-state index in [2.05, 4.69) is 13.8 Å². The van der Waals surface area contributed by atoms with E-state index in [4.69, 9.17) is 24.0 Å². The van der Waals surface area contributed by atoms with Crippen LogP contribution in [-0.4, -0.2) is 29.9 Å². The molecule has 0 aromatic carbocycles. The Kier molecular flexibility index (Phi) is 4.38. The van der Waals surface area contributed by atoms with Crippen LogP contribution in [-0.2, 0) is 28.8 Å². The fourth-order valence-corrected chi connectivity index (χ4v) is 5.40. The van der Waals surface area contributed by atoms with Crippen molar-refractivity contribution >= 4 is 5.97 Å². The standard InChI is InChI=1S/C19H30O6/c1-5-6-15(20)21-16-12(3)14-8-7-11(2)13-9-10-18(4)23-17(22-16)19(13,14)25-24-18/h11-14,16-17H,5-10H2,1-4H3/t11-,12-,13+,14?,16?,17-,18-,19-/m1/s1.